The zero-order valence-corrected chi connectivity index (χ0v) is 10.8. The number of aryl methyl sites for hydroxylation is 1. The van der Waals surface area contributed by atoms with E-state index >= 15 is 0 Å². The highest BCUT2D eigenvalue weighted by Crippen LogP contribution is 2.35. The van der Waals surface area contributed by atoms with Crippen molar-refractivity contribution in [1.29, 1.82) is 5.41 Å². The number of rotatable bonds is 2. The van der Waals surface area contributed by atoms with E-state index in [1.54, 1.807) is 0 Å². The predicted molar refractivity (Wildman–Crippen MR) is 76.0 cm³/mol. The number of hydrogen-bond acceptors (Lipinski definition) is 3. The van der Waals surface area contributed by atoms with Crippen LogP contribution >= 0.6 is 11.3 Å². The molecule has 4 heteroatoms. The van der Waals surface area contributed by atoms with E-state index in [0.29, 0.717) is 0 Å². The van der Waals surface area contributed by atoms with Gasteiger partial charge in [-0.25, -0.2) is 0 Å². The zero-order valence-electron chi connectivity index (χ0n) is 9.94. The molecule has 92 valence electrons. The second-order valence-corrected chi connectivity index (χ2v) is 5.55. The molecule has 1 heterocycles. The second kappa shape index (κ2) is 4.23. The van der Waals surface area contributed by atoms with E-state index in [9.17, 15) is 0 Å². The first-order valence-electron chi connectivity index (χ1n) is 5.97. The summed E-state index contributed by atoms with van der Waals surface area (Å²) in [5, 5.41) is 9.57. The molecule has 18 heavy (non-hydrogen) atoms. The van der Waals surface area contributed by atoms with Crippen molar-refractivity contribution in [2.75, 3.05) is 0 Å². The Hall–Kier alpha value is -1.65. The molecule has 0 saturated heterocycles. The normalized spacial score (nSPS) is 17.7. The molecule has 0 amide bonds. The van der Waals surface area contributed by atoms with Crippen LogP contribution in [0, 0.1) is 5.41 Å². The van der Waals surface area contributed by atoms with Crippen LogP contribution < -0.4 is 11.5 Å². The van der Waals surface area contributed by atoms with E-state index in [1.807, 2.05) is 11.4 Å². The van der Waals surface area contributed by atoms with E-state index < -0.39 is 0 Å². The van der Waals surface area contributed by atoms with Crippen LogP contribution in [0.25, 0.3) is 11.1 Å². The van der Waals surface area contributed by atoms with Crippen LogP contribution in [0.2, 0.25) is 0 Å². The molecule has 0 saturated carbocycles. The van der Waals surface area contributed by atoms with E-state index in [1.165, 1.54) is 22.5 Å². The fraction of sp³-hybridized carbons (Fsp3) is 0.214. The summed E-state index contributed by atoms with van der Waals surface area (Å²) in [5.74, 6) is 0.129. The number of nitrogen functional groups attached to an aromatic ring is 1. The quantitative estimate of drug-likeness (QED) is 0.571. The van der Waals surface area contributed by atoms with Gasteiger partial charge in [0.05, 0.1) is 4.88 Å². The first kappa shape index (κ1) is 11.4. The topological polar surface area (TPSA) is 75.9 Å². The van der Waals surface area contributed by atoms with Crippen LogP contribution in [0.4, 0.5) is 0 Å². The summed E-state index contributed by atoms with van der Waals surface area (Å²) in [6, 6.07) is 8.58. The molecule has 3 rings (SSSR count). The van der Waals surface area contributed by atoms with Gasteiger partial charge in [-0.05, 0) is 47.0 Å². The lowest BCUT2D eigenvalue weighted by atomic mass is 10.00. The summed E-state index contributed by atoms with van der Waals surface area (Å²) >= 11 is 1.51. The second-order valence-electron chi connectivity index (χ2n) is 4.64. The third-order valence-corrected chi connectivity index (χ3v) is 4.44. The average molecular weight is 257 g/mol. The summed E-state index contributed by atoms with van der Waals surface area (Å²) in [6.07, 6.45) is 2.10. The number of thiophene rings is 1. The van der Waals surface area contributed by atoms with Crippen molar-refractivity contribution in [2.24, 2.45) is 11.5 Å². The lowest BCUT2D eigenvalue weighted by Crippen LogP contribution is -2.10. The van der Waals surface area contributed by atoms with Crippen LogP contribution in [-0.2, 0) is 6.42 Å². The molecular weight excluding hydrogens is 242 g/mol. The monoisotopic (exact) mass is 257 g/mol. The van der Waals surface area contributed by atoms with Crippen molar-refractivity contribution in [3.05, 3.63) is 45.6 Å². The highest BCUT2D eigenvalue weighted by atomic mass is 32.1. The van der Waals surface area contributed by atoms with E-state index in [0.717, 1.165) is 28.8 Å². The van der Waals surface area contributed by atoms with Crippen LogP contribution in [0.15, 0.2) is 29.6 Å². The zero-order chi connectivity index (χ0) is 12.7. The summed E-state index contributed by atoms with van der Waals surface area (Å²) in [4.78, 5) is 0.835. The third-order valence-electron chi connectivity index (χ3n) is 3.49. The molecule has 1 unspecified atom stereocenters. The van der Waals surface area contributed by atoms with Gasteiger partial charge in [0.15, 0.2) is 0 Å². The Balaban J connectivity index is 2.10. The number of hydrogen-bond donors (Lipinski definition) is 3. The third kappa shape index (κ3) is 1.74. The first-order valence-corrected chi connectivity index (χ1v) is 6.85. The van der Waals surface area contributed by atoms with Crippen LogP contribution in [0.5, 0.6) is 0 Å². The molecule has 1 aromatic carbocycles. The lowest BCUT2D eigenvalue weighted by Gasteiger charge is -2.08. The predicted octanol–water partition coefficient (Wildman–Crippen LogP) is 2.65. The van der Waals surface area contributed by atoms with Gasteiger partial charge in [-0.3, -0.25) is 5.41 Å². The first-order chi connectivity index (χ1) is 8.66. The number of nitrogens with two attached hydrogens (primary N) is 2. The standard InChI is InChI=1S/C14H15N3S/c15-12-4-3-8-1-2-9(7-11(8)12)10-5-6-18-13(10)14(16)17/h1-2,5-7,12H,3-4,15H2,(H3,16,17). The Morgan fingerprint density at radius 1 is 1.33 bits per heavy atom. The molecule has 1 aliphatic carbocycles. The number of fused-ring (bicyclic) bond motifs is 1. The van der Waals surface area contributed by atoms with E-state index in [2.05, 4.69) is 18.2 Å². The Labute approximate surface area is 110 Å². The van der Waals surface area contributed by atoms with Crippen molar-refractivity contribution in [1.82, 2.24) is 0 Å². The van der Waals surface area contributed by atoms with E-state index in [4.69, 9.17) is 16.9 Å². The van der Waals surface area contributed by atoms with Gasteiger partial charge in [0, 0.05) is 11.6 Å². The highest BCUT2D eigenvalue weighted by Gasteiger charge is 2.20. The van der Waals surface area contributed by atoms with Gasteiger partial charge in [0.25, 0.3) is 0 Å². The maximum absolute atomic E-state index is 7.60. The van der Waals surface area contributed by atoms with Crippen LogP contribution in [0.1, 0.15) is 28.5 Å². The van der Waals surface area contributed by atoms with Gasteiger partial charge in [-0.1, -0.05) is 12.1 Å². The Morgan fingerprint density at radius 3 is 2.94 bits per heavy atom. The fourth-order valence-electron chi connectivity index (χ4n) is 2.55. The molecule has 2 aromatic rings. The highest BCUT2D eigenvalue weighted by molar-refractivity contribution is 7.12. The molecule has 5 N–H and O–H groups in total. The smallest absolute Gasteiger partial charge is 0.133 e. The molecule has 3 nitrogen and oxygen atoms in total. The van der Waals surface area contributed by atoms with Gasteiger partial charge < -0.3 is 11.5 Å². The van der Waals surface area contributed by atoms with Crippen molar-refractivity contribution in [3.63, 3.8) is 0 Å². The number of benzene rings is 1. The Bertz CT molecular complexity index is 615. The maximum atomic E-state index is 7.60. The number of nitrogens with one attached hydrogen (secondary N) is 1. The number of amidine groups is 1. The van der Waals surface area contributed by atoms with Gasteiger partial charge in [-0.2, -0.15) is 0 Å². The maximum Gasteiger partial charge on any atom is 0.133 e. The Morgan fingerprint density at radius 2 is 2.17 bits per heavy atom. The summed E-state index contributed by atoms with van der Waals surface area (Å²) < 4.78 is 0. The molecule has 1 aliphatic rings. The molecule has 0 fully saturated rings. The minimum atomic E-state index is 0.129. The van der Waals surface area contributed by atoms with Crippen LogP contribution in [0.3, 0.4) is 0 Å². The van der Waals surface area contributed by atoms with Crippen molar-refractivity contribution >= 4 is 17.2 Å². The molecule has 1 atom stereocenters. The molecule has 0 radical (unpaired) electrons. The largest absolute Gasteiger partial charge is 0.383 e. The van der Waals surface area contributed by atoms with Crippen molar-refractivity contribution in [2.45, 2.75) is 18.9 Å². The summed E-state index contributed by atoms with van der Waals surface area (Å²) in [6.45, 7) is 0. The van der Waals surface area contributed by atoms with Crippen LogP contribution in [-0.4, -0.2) is 5.84 Å². The minimum Gasteiger partial charge on any atom is -0.383 e. The van der Waals surface area contributed by atoms with Crippen molar-refractivity contribution in [3.8, 4) is 11.1 Å². The molecule has 0 aliphatic heterocycles. The lowest BCUT2D eigenvalue weighted by molar-refractivity contribution is 0.713. The fourth-order valence-corrected chi connectivity index (χ4v) is 3.33. The molecular formula is C14H15N3S. The SMILES string of the molecule is N=C(N)c1sccc1-c1ccc2c(c1)C(N)CC2. The van der Waals surface area contributed by atoms with Gasteiger partial charge in [0.1, 0.15) is 5.84 Å². The van der Waals surface area contributed by atoms with Gasteiger partial charge >= 0.3 is 0 Å². The Kier molecular flexibility index (Phi) is 2.69. The van der Waals surface area contributed by atoms with Gasteiger partial charge in [-0.15, -0.1) is 11.3 Å². The average Bonchev–Trinajstić information content (AvgIpc) is 2.96. The molecule has 1 aromatic heterocycles. The van der Waals surface area contributed by atoms with Crippen molar-refractivity contribution < 1.29 is 0 Å². The molecule has 0 bridgehead atoms. The minimum absolute atomic E-state index is 0.129. The molecule has 0 spiro atoms. The van der Waals surface area contributed by atoms with Gasteiger partial charge in [0.2, 0.25) is 0 Å². The van der Waals surface area contributed by atoms with E-state index in [-0.39, 0.29) is 11.9 Å². The summed E-state index contributed by atoms with van der Waals surface area (Å²) in [5.41, 5.74) is 16.4. The summed E-state index contributed by atoms with van der Waals surface area (Å²) in [7, 11) is 0.